The Balaban J connectivity index is 0.000000440. The number of alkyl carbamates (subject to hydrolysis) is 2. The zero-order valence-corrected chi connectivity index (χ0v) is 25.7. The van der Waals surface area contributed by atoms with Crippen LogP contribution in [0.4, 0.5) is 9.59 Å². The van der Waals surface area contributed by atoms with Gasteiger partial charge in [-0.3, -0.25) is 4.79 Å². The number of nitrogens with two attached hydrogens (primary N) is 1. The fourth-order valence-corrected chi connectivity index (χ4v) is 3.46. The number of aliphatic carboxylic acids is 1. The molecule has 0 aromatic heterocycles. The molecule has 44 heavy (non-hydrogen) atoms. The second-order valence-corrected chi connectivity index (χ2v) is 9.77. The Morgan fingerprint density at radius 3 is 1.48 bits per heavy atom. The monoisotopic (exact) mass is 617 g/mol. The van der Waals surface area contributed by atoms with Crippen molar-refractivity contribution in [2.45, 2.75) is 77.7 Å². The third kappa shape index (κ3) is 19.1. The van der Waals surface area contributed by atoms with Crippen LogP contribution in [-0.2, 0) is 41.8 Å². The number of benzene rings is 2. The lowest BCUT2D eigenvalue weighted by Gasteiger charge is -2.15. The summed E-state index contributed by atoms with van der Waals surface area (Å²) in [5.41, 5.74) is 7.33. The summed E-state index contributed by atoms with van der Waals surface area (Å²) >= 11 is 0. The molecule has 244 valence electrons. The Kier molecular flexibility index (Phi) is 20.9. The molecule has 12 nitrogen and oxygen atoms in total. The van der Waals surface area contributed by atoms with Crippen molar-refractivity contribution in [1.82, 2.24) is 10.6 Å². The minimum Gasteiger partial charge on any atom is -0.480 e. The molecule has 0 fully saturated rings. The Morgan fingerprint density at radius 1 is 0.682 bits per heavy atom. The van der Waals surface area contributed by atoms with Gasteiger partial charge in [-0.2, -0.15) is 0 Å². The fraction of sp³-hybridized carbons (Fsp3) is 0.500. The van der Waals surface area contributed by atoms with E-state index in [1.54, 1.807) is 0 Å². The maximum atomic E-state index is 11.5. The number of amides is 3. The summed E-state index contributed by atoms with van der Waals surface area (Å²) in [6.07, 6.45) is 2.54. The number of nitrogens with one attached hydrogen (secondary N) is 2. The van der Waals surface area contributed by atoms with Crippen molar-refractivity contribution in [3.8, 4) is 0 Å². The van der Waals surface area contributed by atoms with Crippen molar-refractivity contribution in [3.05, 3.63) is 71.8 Å². The molecule has 0 heterocycles. The number of ether oxygens (including phenoxy) is 4. The number of rotatable bonds is 20. The third-order valence-electron chi connectivity index (χ3n) is 6.01. The molecule has 0 saturated carbocycles. The van der Waals surface area contributed by atoms with Crippen molar-refractivity contribution < 1.29 is 43.2 Å². The van der Waals surface area contributed by atoms with E-state index in [0.29, 0.717) is 39.5 Å². The summed E-state index contributed by atoms with van der Waals surface area (Å²) in [4.78, 5) is 45.4. The van der Waals surface area contributed by atoms with Crippen LogP contribution < -0.4 is 16.4 Å². The zero-order chi connectivity index (χ0) is 32.4. The number of carboxylic acids is 1. The number of carbonyl (C=O) groups is 4. The van der Waals surface area contributed by atoms with Crippen LogP contribution in [0.3, 0.4) is 0 Å². The van der Waals surface area contributed by atoms with E-state index in [2.05, 4.69) is 10.6 Å². The molecule has 12 heteroatoms. The Bertz CT molecular complexity index is 986. The van der Waals surface area contributed by atoms with Crippen molar-refractivity contribution in [3.63, 3.8) is 0 Å². The fourth-order valence-electron chi connectivity index (χ4n) is 3.46. The molecule has 0 aliphatic carbocycles. The average Bonchev–Trinajstić information content (AvgIpc) is 3.01. The summed E-state index contributed by atoms with van der Waals surface area (Å²) in [5.74, 6) is -1.70. The van der Waals surface area contributed by atoms with Crippen molar-refractivity contribution in [2.75, 3.05) is 26.4 Å². The third-order valence-corrected chi connectivity index (χ3v) is 6.01. The first-order valence-corrected chi connectivity index (χ1v) is 14.9. The standard InChI is InChI=1S/C16H24N2O4.C16H23NO5/c1-2-3-10-22-16(20)18-14(15(17)19)9-11-21-12-13-7-5-4-6-8-13;1-2-3-10-22-16(20)17-14(15(18)19)9-11-21-12-13-7-5-4-6-8-13/h4-8,14H,2-3,9-12H2,1H3,(H2,17,19)(H,18,20);4-8,14H,2-3,9-12H2,1H3,(H,17,20)(H,18,19)/t14-;/m0./s1. The molecule has 0 bridgehead atoms. The number of hydrogen-bond acceptors (Lipinski definition) is 8. The van der Waals surface area contributed by atoms with Gasteiger partial charge in [0.2, 0.25) is 5.91 Å². The van der Waals surface area contributed by atoms with Crippen molar-refractivity contribution in [1.29, 1.82) is 0 Å². The highest BCUT2D eigenvalue weighted by Crippen LogP contribution is 2.04. The van der Waals surface area contributed by atoms with Crippen LogP contribution >= 0.6 is 0 Å². The molecule has 2 aromatic carbocycles. The molecule has 1 unspecified atom stereocenters. The largest absolute Gasteiger partial charge is 0.480 e. The molecular weight excluding hydrogens is 570 g/mol. The molecule has 3 amide bonds. The van der Waals surface area contributed by atoms with Crippen LogP contribution in [0, 0.1) is 0 Å². The minimum absolute atomic E-state index is 0.186. The first kappa shape index (κ1) is 37.9. The van der Waals surface area contributed by atoms with Crippen LogP contribution in [0.15, 0.2) is 60.7 Å². The quantitative estimate of drug-likeness (QED) is 0.155. The maximum absolute atomic E-state index is 11.5. The Morgan fingerprint density at radius 2 is 1.09 bits per heavy atom. The van der Waals surface area contributed by atoms with E-state index in [-0.39, 0.29) is 13.0 Å². The Labute approximate surface area is 259 Å². The molecular formula is C32H47N3O9. The Hall–Kier alpha value is -4.16. The molecule has 2 rings (SSSR count). The molecule has 0 spiro atoms. The number of unbranched alkanes of at least 4 members (excludes halogenated alkanes) is 2. The van der Waals surface area contributed by atoms with E-state index in [1.807, 2.05) is 74.5 Å². The van der Waals surface area contributed by atoms with Gasteiger partial charge in [0, 0.05) is 26.1 Å². The summed E-state index contributed by atoms with van der Waals surface area (Å²) in [7, 11) is 0. The number of hydrogen-bond donors (Lipinski definition) is 4. The van der Waals surface area contributed by atoms with Gasteiger partial charge in [0.1, 0.15) is 12.1 Å². The van der Waals surface area contributed by atoms with E-state index in [4.69, 9.17) is 29.8 Å². The summed E-state index contributed by atoms with van der Waals surface area (Å²) in [6, 6.07) is 17.5. The van der Waals surface area contributed by atoms with Gasteiger partial charge < -0.3 is 40.4 Å². The van der Waals surface area contributed by atoms with Gasteiger partial charge in [-0.1, -0.05) is 87.4 Å². The molecule has 2 aromatic rings. The van der Waals surface area contributed by atoms with E-state index < -0.39 is 36.1 Å². The predicted molar refractivity (Wildman–Crippen MR) is 165 cm³/mol. The lowest BCUT2D eigenvalue weighted by atomic mass is 10.2. The molecule has 0 aliphatic rings. The number of carboxylic acid groups (broad SMARTS) is 1. The predicted octanol–water partition coefficient (Wildman–Crippen LogP) is 4.55. The summed E-state index contributed by atoms with van der Waals surface area (Å²) in [5, 5.41) is 13.9. The van der Waals surface area contributed by atoms with Crippen molar-refractivity contribution >= 4 is 24.1 Å². The van der Waals surface area contributed by atoms with Crippen molar-refractivity contribution in [2.24, 2.45) is 5.73 Å². The molecule has 2 atom stereocenters. The lowest BCUT2D eigenvalue weighted by molar-refractivity contribution is -0.140. The van der Waals surface area contributed by atoms with Gasteiger partial charge in [0.05, 0.1) is 26.4 Å². The molecule has 0 radical (unpaired) electrons. The van der Waals surface area contributed by atoms with E-state index >= 15 is 0 Å². The number of primary amides is 1. The van der Waals surface area contributed by atoms with Gasteiger partial charge >= 0.3 is 18.2 Å². The van der Waals surface area contributed by atoms with Gasteiger partial charge in [-0.25, -0.2) is 14.4 Å². The number of carbonyl (C=O) groups excluding carboxylic acids is 3. The van der Waals surface area contributed by atoms with E-state index in [0.717, 1.165) is 36.8 Å². The highest BCUT2D eigenvalue weighted by molar-refractivity contribution is 5.84. The SMILES string of the molecule is CCCCOC(=O)NC(CCOCc1ccccc1)C(=O)O.CCCCOC(=O)N[C@@H](CCOCc1ccccc1)C(N)=O. The topological polar surface area (TPSA) is 176 Å². The van der Waals surface area contributed by atoms with Crippen LogP contribution in [0.1, 0.15) is 63.5 Å². The highest BCUT2D eigenvalue weighted by atomic mass is 16.6. The summed E-state index contributed by atoms with van der Waals surface area (Å²) < 4.78 is 20.7. The second-order valence-electron chi connectivity index (χ2n) is 9.77. The van der Waals surface area contributed by atoms with Gasteiger partial charge in [0.15, 0.2) is 0 Å². The molecule has 0 aliphatic heterocycles. The van der Waals surface area contributed by atoms with Gasteiger partial charge in [0.25, 0.3) is 0 Å². The van der Waals surface area contributed by atoms with E-state index in [1.165, 1.54) is 0 Å². The van der Waals surface area contributed by atoms with Crippen LogP contribution in [0.5, 0.6) is 0 Å². The average molecular weight is 618 g/mol. The maximum Gasteiger partial charge on any atom is 0.407 e. The van der Waals surface area contributed by atoms with Crippen LogP contribution in [0.2, 0.25) is 0 Å². The van der Waals surface area contributed by atoms with E-state index in [9.17, 15) is 19.2 Å². The van der Waals surface area contributed by atoms with Gasteiger partial charge in [-0.05, 0) is 24.0 Å². The lowest BCUT2D eigenvalue weighted by Crippen LogP contribution is -2.45. The van der Waals surface area contributed by atoms with Crippen LogP contribution in [0.25, 0.3) is 0 Å². The zero-order valence-electron chi connectivity index (χ0n) is 25.7. The minimum atomic E-state index is -1.10. The van der Waals surface area contributed by atoms with Gasteiger partial charge in [-0.15, -0.1) is 0 Å². The molecule has 0 saturated heterocycles. The first-order chi connectivity index (χ1) is 21.3. The molecule has 5 N–H and O–H groups in total. The summed E-state index contributed by atoms with van der Waals surface area (Å²) in [6.45, 7) is 6.01. The smallest absolute Gasteiger partial charge is 0.407 e. The normalized spacial score (nSPS) is 11.7. The van der Waals surface area contributed by atoms with Crippen LogP contribution in [-0.4, -0.2) is 67.7 Å². The first-order valence-electron chi connectivity index (χ1n) is 14.9. The highest BCUT2D eigenvalue weighted by Gasteiger charge is 2.20. The second kappa shape index (κ2) is 24.3.